The number of nitrogens with zero attached hydrogens (tertiary/aromatic N) is 2. The van der Waals surface area contributed by atoms with Crippen molar-refractivity contribution in [2.24, 2.45) is 0 Å². The van der Waals surface area contributed by atoms with Crippen LogP contribution < -0.4 is 14.4 Å². The number of aryl methyl sites for hydroxylation is 1. The van der Waals surface area contributed by atoms with Gasteiger partial charge >= 0.3 is 11.9 Å². The molecule has 1 unspecified atom stereocenters. The molecule has 3 aromatic rings. The fraction of sp³-hybridized carbons (Fsp3) is 0.200. The number of hydrogen-bond acceptors (Lipinski definition) is 9. The van der Waals surface area contributed by atoms with Gasteiger partial charge in [0.25, 0.3) is 5.78 Å². The van der Waals surface area contributed by atoms with Gasteiger partial charge in [-0.1, -0.05) is 54.8 Å². The maximum atomic E-state index is 13.5. The van der Waals surface area contributed by atoms with Gasteiger partial charge in [-0.2, -0.15) is 0 Å². The molecule has 0 bridgehead atoms. The molecular formula is C30H28N2O7S. The van der Waals surface area contributed by atoms with Gasteiger partial charge in [0.2, 0.25) is 0 Å². The molecule has 0 aliphatic carbocycles. The van der Waals surface area contributed by atoms with E-state index in [0.29, 0.717) is 41.5 Å². The zero-order valence-corrected chi connectivity index (χ0v) is 22.9. The van der Waals surface area contributed by atoms with Crippen molar-refractivity contribution in [2.75, 3.05) is 24.7 Å². The van der Waals surface area contributed by atoms with Gasteiger partial charge in [0.05, 0.1) is 17.9 Å². The quantitative estimate of drug-likeness (QED) is 0.109. The summed E-state index contributed by atoms with van der Waals surface area (Å²) in [6.45, 7) is 11.2. The zero-order chi connectivity index (χ0) is 28.8. The number of benzene rings is 2. The maximum absolute atomic E-state index is 13.5. The Kier molecular flexibility index (Phi) is 8.80. The van der Waals surface area contributed by atoms with E-state index in [2.05, 4.69) is 18.1 Å². The lowest BCUT2D eigenvalue weighted by Gasteiger charge is -2.24. The fourth-order valence-electron chi connectivity index (χ4n) is 4.21. The van der Waals surface area contributed by atoms with Crippen molar-refractivity contribution < 1.29 is 33.7 Å². The molecule has 1 atom stereocenters. The van der Waals surface area contributed by atoms with Gasteiger partial charge in [-0.3, -0.25) is 14.5 Å². The first kappa shape index (κ1) is 28.3. The van der Waals surface area contributed by atoms with Gasteiger partial charge in [-0.05, 0) is 44.2 Å². The van der Waals surface area contributed by atoms with E-state index >= 15 is 0 Å². The highest BCUT2D eigenvalue weighted by atomic mass is 32.1. The van der Waals surface area contributed by atoms with Crippen LogP contribution in [-0.2, 0) is 14.3 Å². The van der Waals surface area contributed by atoms with Crippen LogP contribution >= 0.6 is 11.3 Å². The van der Waals surface area contributed by atoms with Gasteiger partial charge in [-0.25, -0.2) is 9.78 Å². The van der Waals surface area contributed by atoms with E-state index in [0.717, 1.165) is 11.3 Å². The number of para-hydroxylation sites is 1. The minimum atomic E-state index is -1.08. The van der Waals surface area contributed by atoms with E-state index in [-0.39, 0.29) is 27.9 Å². The molecule has 1 aliphatic heterocycles. The highest BCUT2D eigenvalue weighted by molar-refractivity contribution is 7.17. The number of ether oxygens (including phenoxy) is 3. The number of aliphatic hydroxyl groups is 1. The summed E-state index contributed by atoms with van der Waals surface area (Å²) in [4.78, 5) is 45.5. The third-order valence-corrected chi connectivity index (χ3v) is 7.10. The Hall–Kier alpha value is -4.70. The third-order valence-electron chi connectivity index (χ3n) is 5.96. The Bertz CT molecular complexity index is 1490. The van der Waals surface area contributed by atoms with E-state index in [1.165, 1.54) is 11.0 Å². The van der Waals surface area contributed by atoms with Crippen LogP contribution in [0.25, 0.3) is 5.76 Å². The zero-order valence-electron chi connectivity index (χ0n) is 22.1. The minimum Gasteiger partial charge on any atom is -0.507 e. The Morgan fingerprint density at radius 1 is 1.07 bits per heavy atom. The maximum Gasteiger partial charge on any atom is 0.350 e. The topological polar surface area (TPSA) is 115 Å². The predicted molar refractivity (Wildman–Crippen MR) is 152 cm³/mol. The van der Waals surface area contributed by atoms with E-state index in [1.807, 2.05) is 6.92 Å². The SMILES string of the molecule is C=CCOC(=O)c1sc(N2C(=O)C(=O)/C(=C(/O)c3ccc(OCC=C)cc3)C2c2ccccc2OCC)nc1C. The van der Waals surface area contributed by atoms with Crippen LogP contribution in [0.1, 0.15) is 39.5 Å². The smallest absolute Gasteiger partial charge is 0.350 e. The van der Waals surface area contributed by atoms with E-state index in [9.17, 15) is 19.5 Å². The molecule has 1 amide bonds. The summed E-state index contributed by atoms with van der Waals surface area (Å²) in [6, 6.07) is 12.3. The molecule has 0 radical (unpaired) electrons. The molecule has 10 heteroatoms. The van der Waals surface area contributed by atoms with Crippen LogP contribution in [0.3, 0.4) is 0 Å². The van der Waals surface area contributed by atoms with Crippen molar-refractivity contribution >= 4 is 39.9 Å². The fourth-order valence-corrected chi connectivity index (χ4v) is 5.20. The predicted octanol–water partition coefficient (Wildman–Crippen LogP) is 5.38. The molecule has 40 heavy (non-hydrogen) atoms. The molecule has 1 N–H and O–H groups in total. The molecule has 1 aromatic heterocycles. The summed E-state index contributed by atoms with van der Waals surface area (Å²) in [6.07, 6.45) is 3.05. The first-order valence-electron chi connectivity index (χ1n) is 12.4. The van der Waals surface area contributed by atoms with Gasteiger partial charge < -0.3 is 19.3 Å². The van der Waals surface area contributed by atoms with Crippen molar-refractivity contribution in [3.8, 4) is 11.5 Å². The number of esters is 1. The van der Waals surface area contributed by atoms with Crippen LogP contribution in [0.15, 0.2) is 79.4 Å². The number of carbonyl (C=O) groups excluding carboxylic acids is 3. The van der Waals surface area contributed by atoms with Crippen molar-refractivity contribution in [3.05, 3.63) is 101 Å². The number of amides is 1. The normalized spacial score (nSPS) is 16.1. The monoisotopic (exact) mass is 560 g/mol. The van der Waals surface area contributed by atoms with Crippen molar-refractivity contribution in [2.45, 2.75) is 19.9 Å². The molecule has 1 saturated heterocycles. The molecule has 206 valence electrons. The molecule has 9 nitrogen and oxygen atoms in total. The summed E-state index contributed by atoms with van der Waals surface area (Å²) >= 11 is 0.921. The number of ketones is 1. The first-order chi connectivity index (χ1) is 19.3. The lowest BCUT2D eigenvalue weighted by atomic mass is 9.94. The molecule has 1 fully saturated rings. The highest BCUT2D eigenvalue weighted by Crippen LogP contribution is 2.46. The molecular weight excluding hydrogens is 532 g/mol. The lowest BCUT2D eigenvalue weighted by molar-refractivity contribution is -0.132. The number of thiazole rings is 1. The largest absolute Gasteiger partial charge is 0.507 e. The number of rotatable bonds is 11. The number of anilines is 1. The number of carbonyl (C=O) groups is 3. The molecule has 0 spiro atoms. The molecule has 2 aromatic carbocycles. The Morgan fingerprint density at radius 3 is 2.45 bits per heavy atom. The average molecular weight is 561 g/mol. The van der Waals surface area contributed by atoms with Crippen LogP contribution in [0.5, 0.6) is 11.5 Å². The number of aliphatic hydroxyl groups excluding tert-OH is 1. The van der Waals surface area contributed by atoms with E-state index < -0.39 is 23.7 Å². The van der Waals surface area contributed by atoms with Crippen LogP contribution in [0.4, 0.5) is 5.13 Å². The second kappa shape index (κ2) is 12.4. The summed E-state index contributed by atoms with van der Waals surface area (Å²) in [5.74, 6) is -1.81. The standard InChI is InChI=1S/C30H28N2O7S/c1-5-16-38-20-14-12-19(13-15-20)25(33)23-24(21-10-8-9-11-22(21)37-7-3)32(28(35)26(23)34)30-31-18(4)27(40-30)29(36)39-17-6-2/h5-6,8-15,24,33H,1-2,7,16-17H2,3-4H3/b25-23+. The van der Waals surface area contributed by atoms with Crippen LogP contribution in [0.2, 0.25) is 0 Å². The Balaban J connectivity index is 1.88. The van der Waals surface area contributed by atoms with Gasteiger partial charge in [0, 0.05) is 11.1 Å². The molecule has 4 rings (SSSR count). The third kappa shape index (κ3) is 5.52. The Morgan fingerprint density at radius 2 is 1.77 bits per heavy atom. The van der Waals surface area contributed by atoms with Gasteiger partial charge in [-0.15, -0.1) is 0 Å². The molecule has 0 saturated carbocycles. The number of hydrogen-bond donors (Lipinski definition) is 1. The van der Waals surface area contributed by atoms with E-state index in [4.69, 9.17) is 14.2 Å². The van der Waals surface area contributed by atoms with Crippen LogP contribution in [0, 0.1) is 6.92 Å². The number of Topliss-reactive ketones (excluding diaryl/α,β-unsaturated/α-hetero) is 1. The molecule has 2 heterocycles. The number of aromatic nitrogens is 1. The first-order valence-corrected chi connectivity index (χ1v) is 13.3. The summed E-state index contributed by atoms with van der Waals surface area (Å²) in [7, 11) is 0. The van der Waals surface area contributed by atoms with E-state index in [1.54, 1.807) is 61.5 Å². The minimum absolute atomic E-state index is 0.00910. The Labute approximate surface area is 235 Å². The second-order valence-corrected chi connectivity index (χ2v) is 9.54. The van der Waals surface area contributed by atoms with Crippen LogP contribution in [-0.4, -0.2) is 47.6 Å². The summed E-state index contributed by atoms with van der Waals surface area (Å²) in [5.41, 5.74) is 0.981. The van der Waals surface area contributed by atoms with Gasteiger partial charge in [0.1, 0.15) is 41.4 Å². The van der Waals surface area contributed by atoms with Gasteiger partial charge in [0.15, 0.2) is 5.13 Å². The highest BCUT2D eigenvalue weighted by Gasteiger charge is 2.49. The van der Waals surface area contributed by atoms with Crippen molar-refractivity contribution in [1.82, 2.24) is 4.98 Å². The second-order valence-electron chi connectivity index (χ2n) is 8.56. The summed E-state index contributed by atoms with van der Waals surface area (Å²) in [5, 5.41) is 11.5. The lowest BCUT2D eigenvalue weighted by Crippen LogP contribution is -2.29. The van der Waals surface area contributed by atoms with Crippen molar-refractivity contribution in [3.63, 3.8) is 0 Å². The molecule has 1 aliphatic rings. The summed E-state index contributed by atoms with van der Waals surface area (Å²) < 4.78 is 16.5. The average Bonchev–Trinajstić information content (AvgIpc) is 3.47. The van der Waals surface area contributed by atoms with Crippen molar-refractivity contribution in [1.29, 1.82) is 0 Å².